The van der Waals surface area contributed by atoms with E-state index in [1.807, 2.05) is 6.08 Å². The Morgan fingerprint density at radius 2 is 1.70 bits per heavy atom. The SMILES string of the molecule is COc1cc([C@H]2C3=CCn4c(=O)n(C)c(=O)n4[C@@H]3C[C@H]3C(=O)N(Nc4ccc(F)cc4)C(=O)[C@@]23c2ccc(Cl)cc2)c(Br)c(Br)c1O. The predicted molar refractivity (Wildman–Crippen MR) is 177 cm³/mol. The van der Waals surface area contributed by atoms with Crippen molar-refractivity contribution in [3.63, 3.8) is 0 Å². The van der Waals surface area contributed by atoms with Gasteiger partial charge in [0.25, 0.3) is 11.8 Å². The molecule has 0 unspecified atom stereocenters. The van der Waals surface area contributed by atoms with Crippen LogP contribution in [-0.2, 0) is 28.6 Å². The number of hydrogen-bond acceptors (Lipinski definition) is 7. The zero-order valence-corrected chi connectivity index (χ0v) is 28.6. The van der Waals surface area contributed by atoms with Crippen LogP contribution < -0.4 is 21.5 Å². The Kier molecular flexibility index (Phi) is 7.52. The molecule has 0 radical (unpaired) electrons. The number of nitrogens with one attached hydrogen (secondary N) is 1. The molecule has 4 atom stereocenters. The number of phenolic OH excluding ortho intramolecular Hbond substituents is 1. The van der Waals surface area contributed by atoms with Crippen LogP contribution in [0.15, 0.2) is 84.8 Å². The molecule has 47 heavy (non-hydrogen) atoms. The maximum absolute atomic E-state index is 15.1. The maximum atomic E-state index is 15.1. The number of ether oxygens (including phenoxy) is 1. The molecule has 2 amide bonds. The van der Waals surface area contributed by atoms with Gasteiger partial charge >= 0.3 is 11.4 Å². The first-order valence-electron chi connectivity index (χ1n) is 14.4. The molecule has 2 fully saturated rings. The van der Waals surface area contributed by atoms with Crippen LogP contribution in [-0.4, -0.2) is 43.0 Å². The number of hydrogen-bond donors (Lipinski definition) is 2. The number of carbonyl (C=O) groups excluding carboxylic acids is 2. The molecule has 4 aromatic rings. The molecule has 242 valence electrons. The van der Waals surface area contributed by atoms with Crippen molar-refractivity contribution >= 4 is 61.0 Å². The third kappa shape index (κ3) is 4.41. The zero-order valence-electron chi connectivity index (χ0n) is 24.7. The molecule has 3 heterocycles. The Balaban J connectivity index is 1.55. The third-order valence-electron chi connectivity index (χ3n) is 9.42. The van der Waals surface area contributed by atoms with Gasteiger partial charge in [0.05, 0.1) is 41.2 Å². The second-order valence-electron chi connectivity index (χ2n) is 11.6. The summed E-state index contributed by atoms with van der Waals surface area (Å²) in [6, 6.07) is 12.7. The van der Waals surface area contributed by atoms with Gasteiger partial charge in [0.15, 0.2) is 11.5 Å². The minimum atomic E-state index is -1.62. The van der Waals surface area contributed by atoms with E-state index in [-0.39, 0.29) is 28.9 Å². The molecule has 2 aliphatic heterocycles. The van der Waals surface area contributed by atoms with Gasteiger partial charge < -0.3 is 9.84 Å². The molecule has 1 saturated carbocycles. The minimum absolute atomic E-state index is 0.00546. The maximum Gasteiger partial charge on any atom is 0.347 e. The van der Waals surface area contributed by atoms with Crippen molar-refractivity contribution in [1.82, 2.24) is 18.9 Å². The van der Waals surface area contributed by atoms with Gasteiger partial charge in [0.1, 0.15) is 5.82 Å². The molecule has 15 heteroatoms. The van der Waals surface area contributed by atoms with Crippen molar-refractivity contribution in [3.8, 4) is 11.5 Å². The smallest absolute Gasteiger partial charge is 0.347 e. The van der Waals surface area contributed by atoms with Gasteiger partial charge in [-0.3, -0.25) is 15.0 Å². The lowest BCUT2D eigenvalue weighted by atomic mass is 9.53. The van der Waals surface area contributed by atoms with E-state index in [2.05, 4.69) is 37.3 Å². The summed E-state index contributed by atoms with van der Waals surface area (Å²) in [5.41, 5.74) is 2.07. The van der Waals surface area contributed by atoms with Crippen molar-refractivity contribution < 1.29 is 23.8 Å². The number of phenols is 1. The topological polar surface area (TPSA) is 128 Å². The summed E-state index contributed by atoms with van der Waals surface area (Å²) < 4.78 is 23.6. The number of carbonyl (C=O) groups is 2. The van der Waals surface area contributed by atoms with Crippen LogP contribution >= 0.6 is 43.5 Å². The fraction of sp³-hybridized carbons (Fsp3) is 0.250. The molecule has 1 aromatic heterocycles. The number of amides is 2. The number of aromatic hydroxyl groups is 1. The number of anilines is 1. The molecule has 1 saturated heterocycles. The van der Waals surface area contributed by atoms with Crippen LogP contribution in [0.3, 0.4) is 0 Å². The number of aromatic nitrogens is 3. The van der Waals surface area contributed by atoms with Gasteiger partial charge in [-0.1, -0.05) is 29.8 Å². The minimum Gasteiger partial charge on any atom is -0.503 e. The predicted octanol–water partition coefficient (Wildman–Crippen LogP) is 5.00. The molecule has 0 bridgehead atoms. The summed E-state index contributed by atoms with van der Waals surface area (Å²) in [6.45, 7) is 0.0340. The highest BCUT2D eigenvalue weighted by atomic mass is 79.9. The van der Waals surface area contributed by atoms with Crippen molar-refractivity contribution in [2.75, 3.05) is 12.5 Å². The normalized spacial score (nSPS) is 23.2. The lowest BCUT2D eigenvalue weighted by molar-refractivity contribution is -0.138. The molecule has 2 N–H and O–H groups in total. The number of imide groups is 1. The summed E-state index contributed by atoms with van der Waals surface area (Å²) in [7, 11) is 2.78. The summed E-state index contributed by atoms with van der Waals surface area (Å²) in [6.07, 6.45) is 1.81. The van der Waals surface area contributed by atoms with Crippen LogP contribution in [0.1, 0.15) is 29.5 Å². The zero-order chi connectivity index (χ0) is 33.5. The van der Waals surface area contributed by atoms with E-state index in [1.54, 1.807) is 30.3 Å². The highest BCUT2D eigenvalue weighted by Gasteiger charge is 2.69. The van der Waals surface area contributed by atoms with Gasteiger partial charge in [-0.05, 0) is 97.4 Å². The van der Waals surface area contributed by atoms with E-state index in [0.717, 1.165) is 9.58 Å². The summed E-state index contributed by atoms with van der Waals surface area (Å²) in [4.78, 5) is 56.3. The molecule has 3 aromatic carbocycles. The van der Waals surface area contributed by atoms with Crippen molar-refractivity contribution in [3.05, 3.63) is 118 Å². The van der Waals surface area contributed by atoms with E-state index in [4.69, 9.17) is 16.3 Å². The van der Waals surface area contributed by atoms with Gasteiger partial charge in [-0.15, -0.1) is 0 Å². The molecular weight excluding hydrogens is 765 g/mol. The third-order valence-corrected chi connectivity index (χ3v) is 11.8. The van der Waals surface area contributed by atoms with Crippen LogP contribution in [0.2, 0.25) is 5.02 Å². The number of allylic oxidation sites excluding steroid dienone is 2. The molecule has 3 aliphatic rings. The first-order chi connectivity index (χ1) is 22.4. The molecular formula is C32H25Br2ClFN5O6. The molecule has 7 rings (SSSR count). The van der Waals surface area contributed by atoms with E-state index in [1.165, 1.54) is 47.8 Å². The first-order valence-corrected chi connectivity index (χ1v) is 16.4. The summed E-state index contributed by atoms with van der Waals surface area (Å²) in [5, 5.41) is 12.2. The standard InChI is InChI=1S/C32H25Br2ClFN5O6/c1-38-30(45)39-12-11-19-22(41(39)31(38)46)14-21-28(43)40(37-18-9-7-17(36)8-10-18)29(44)32(21,15-3-5-16(35)6-4-15)24(19)20-13-23(47-2)27(42)26(34)25(20)33/h3-11,13,21-22,24,37,42H,12,14H2,1-2H3/t21-,22+,24+,32+/m0/s1. The van der Waals surface area contributed by atoms with Crippen LogP contribution in [0.25, 0.3) is 0 Å². The van der Waals surface area contributed by atoms with Crippen LogP contribution in [0, 0.1) is 11.7 Å². The Morgan fingerprint density at radius 3 is 2.36 bits per heavy atom. The van der Waals surface area contributed by atoms with Gasteiger partial charge in [0.2, 0.25) is 0 Å². The quantitative estimate of drug-likeness (QED) is 0.215. The highest BCUT2D eigenvalue weighted by Crippen LogP contribution is 2.63. The first kappa shape index (κ1) is 31.5. The second kappa shape index (κ2) is 11.2. The number of methoxy groups -OCH3 is 1. The molecule has 0 spiro atoms. The lowest BCUT2D eigenvalue weighted by Crippen LogP contribution is -2.53. The summed E-state index contributed by atoms with van der Waals surface area (Å²) in [5.74, 6) is -3.77. The van der Waals surface area contributed by atoms with E-state index in [0.29, 0.717) is 31.9 Å². The average Bonchev–Trinajstić information content (AvgIpc) is 3.42. The Bertz CT molecular complexity index is 2140. The largest absolute Gasteiger partial charge is 0.503 e. The molecule has 11 nitrogen and oxygen atoms in total. The van der Waals surface area contributed by atoms with Crippen LogP contribution in [0.4, 0.5) is 10.1 Å². The summed E-state index contributed by atoms with van der Waals surface area (Å²) >= 11 is 13.4. The number of benzene rings is 3. The van der Waals surface area contributed by atoms with E-state index in [9.17, 15) is 23.9 Å². The Labute approximate surface area is 288 Å². The van der Waals surface area contributed by atoms with Crippen molar-refractivity contribution in [2.24, 2.45) is 13.0 Å². The van der Waals surface area contributed by atoms with Crippen molar-refractivity contribution in [2.45, 2.75) is 30.3 Å². The molecule has 1 aliphatic carbocycles. The fourth-order valence-corrected chi connectivity index (χ4v) is 8.43. The van der Waals surface area contributed by atoms with Crippen molar-refractivity contribution in [1.29, 1.82) is 0 Å². The van der Waals surface area contributed by atoms with E-state index >= 15 is 4.79 Å². The number of fused-ring (bicyclic) bond motifs is 4. The van der Waals surface area contributed by atoms with Crippen LogP contribution in [0.5, 0.6) is 11.5 Å². The number of halogens is 4. The second-order valence-corrected chi connectivity index (χ2v) is 13.6. The Hall–Kier alpha value is -4.14. The number of rotatable bonds is 5. The lowest BCUT2D eigenvalue weighted by Gasteiger charge is -2.49. The van der Waals surface area contributed by atoms with Gasteiger partial charge in [-0.2, -0.15) is 5.01 Å². The number of hydrazine groups is 1. The Morgan fingerprint density at radius 1 is 1.02 bits per heavy atom. The fourth-order valence-electron chi connectivity index (χ4n) is 7.35. The number of nitrogens with zero attached hydrogens (tertiary/aromatic N) is 4. The van der Waals surface area contributed by atoms with Gasteiger partial charge in [0, 0.05) is 22.5 Å². The monoisotopic (exact) mass is 787 g/mol. The van der Waals surface area contributed by atoms with E-state index < -0.39 is 52.3 Å². The van der Waals surface area contributed by atoms with Gasteiger partial charge in [-0.25, -0.2) is 27.9 Å². The average molecular weight is 790 g/mol. The highest BCUT2D eigenvalue weighted by molar-refractivity contribution is 9.13.